The van der Waals surface area contributed by atoms with Crippen molar-refractivity contribution in [2.45, 2.75) is 32.5 Å². The Balaban J connectivity index is 1.49. The van der Waals surface area contributed by atoms with Crippen molar-refractivity contribution in [3.05, 3.63) is 38.0 Å². The standard InChI is InChI=1S/C18H22F3N5OS2/c1-2-22-17(23-6-3-15-25-14(11-29-15)18(19,20)21)24-9-16(27)26-7-4-13-12(10-26)5-8-28-13/h5,8,11H,2-4,6-7,9-10H2,1H3,(H2,22,23,24). The summed E-state index contributed by atoms with van der Waals surface area (Å²) < 4.78 is 37.8. The molecule has 0 saturated heterocycles. The quantitative estimate of drug-likeness (QED) is 0.530. The van der Waals surface area contributed by atoms with Gasteiger partial charge in [-0.1, -0.05) is 0 Å². The zero-order valence-corrected chi connectivity index (χ0v) is 17.5. The largest absolute Gasteiger partial charge is 0.434 e. The summed E-state index contributed by atoms with van der Waals surface area (Å²) in [7, 11) is 0. The number of thiazole rings is 1. The lowest BCUT2D eigenvalue weighted by Gasteiger charge is -2.26. The molecule has 2 N–H and O–H groups in total. The Kier molecular flexibility index (Phi) is 7.12. The molecule has 0 atom stereocenters. The van der Waals surface area contributed by atoms with Crippen LogP contribution in [0.15, 0.2) is 21.8 Å². The first kappa shape index (κ1) is 21.6. The highest BCUT2D eigenvalue weighted by atomic mass is 32.1. The number of nitrogens with zero attached hydrogens (tertiary/aromatic N) is 3. The number of aromatic nitrogens is 1. The Labute approximate surface area is 174 Å². The van der Waals surface area contributed by atoms with Gasteiger partial charge in [-0.25, -0.2) is 9.98 Å². The Bertz CT molecular complexity index is 862. The van der Waals surface area contributed by atoms with E-state index in [2.05, 4.69) is 26.7 Å². The minimum absolute atomic E-state index is 0.0181. The number of alkyl halides is 3. The van der Waals surface area contributed by atoms with Gasteiger partial charge in [0.1, 0.15) is 6.54 Å². The van der Waals surface area contributed by atoms with Crippen molar-refractivity contribution in [3.63, 3.8) is 0 Å². The van der Waals surface area contributed by atoms with Crippen molar-refractivity contribution < 1.29 is 18.0 Å². The van der Waals surface area contributed by atoms with E-state index in [1.165, 1.54) is 10.4 Å². The summed E-state index contributed by atoms with van der Waals surface area (Å²) in [6.45, 7) is 4.20. The summed E-state index contributed by atoms with van der Waals surface area (Å²) in [6, 6.07) is 2.05. The van der Waals surface area contributed by atoms with Crippen LogP contribution in [0, 0.1) is 0 Å². The van der Waals surface area contributed by atoms with E-state index in [0.717, 1.165) is 23.1 Å². The van der Waals surface area contributed by atoms with Gasteiger partial charge >= 0.3 is 6.18 Å². The number of rotatable bonds is 6. The smallest absolute Gasteiger partial charge is 0.357 e. The highest BCUT2D eigenvalue weighted by molar-refractivity contribution is 7.10. The molecule has 1 amide bonds. The van der Waals surface area contributed by atoms with Crippen LogP contribution in [0.1, 0.15) is 28.1 Å². The van der Waals surface area contributed by atoms with E-state index in [1.54, 1.807) is 16.2 Å². The number of carbonyl (C=O) groups is 1. The molecule has 0 unspecified atom stereocenters. The molecule has 0 radical (unpaired) electrons. The second-order valence-corrected chi connectivity index (χ2v) is 8.37. The van der Waals surface area contributed by atoms with Crippen LogP contribution in [-0.4, -0.2) is 47.9 Å². The summed E-state index contributed by atoms with van der Waals surface area (Å²) >= 11 is 2.70. The van der Waals surface area contributed by atoms with Gasteiger partial charge in [-0.15, -0.1) is 22.7 Å². The molecule has 3 heterocycles. The predicted molar refractivity (Wildman–Crippen MR) is 108 cm³/mol. The van der Waals surface area contributed by atoms with Crippen molar-refractivity contribution in [1.29, 1.82) is 0 Å². The molecule has 0 saturated carbocycles. The van der Waals surface area contributed by atoms with Crippen LogP contribution >= 0.6 is 22.7 Å². The van der Waals surface area contributed by atoms with E-state index in [-0.39, 0.29) is 12.5 Å². The fourth-order valence-corrected chi connectivity index (χ4v) is 4.59. The second kappa shape index (κ2) is 9.57. The molecule has 29 heavy (non-hydrogen) atoms. The van der Waals surface area contributed by atoms with Gasteiger partial charge in [0.2, 0.25) is 5.91 Å². The van der Waals surface area contributed by atoms with E-state index in [1.807, 2.05) is 12.3 Å². The second-order valence-electron chi connectivity index (χ2n) is 6.43. The summed E-state index contributed by atoms with van der Waals surface area (Å²) in [5.41, 5.74) is 0.337. The van der Waals surface area contributed by atoms with Gasteiger partial charge in [-0.05, 0) is 30.4 Å². The monoisotopic (exact) mass is 445 g/mol. The predicted octanol–water partition coefficient (Wildman–Crippen LogP) is 2.91. The number of amides is 1. The number of guanidine groups is 1. The molecule has 6 nitrogen and oxygen atoms in total. The Morgan fingerprint density at radius 2 is 2.17 bits per heavy atom. The maximum Gasteiger partial charge on any atom is 0.434 e. The third-order valence-electron chi connectivity index (χ3n) is 4.35. The van der Waals surface area contributed by atoms with Crippen LogP contribution in [0.25, 0.3) is 0 Å². The molecule has 3 rings (SSSR count). The maximum absolute atomic E-state index is 12.6. The zero-order valence-electron chi connectivity index (χ0n) is 15.9. The third-order valence-corrected chi connectivity index (χ3v) is 6.28. The van der Waals surface area contributed by atoms with E-state index in [0.29, 0.717) is 43.6 Å². The lowest BCUT2D eigenvalue weighted by atomic mass is 10.1. The van der Waals surface area contributed by atoms with Crippen molar-refractivity contribution in [2.24, 2.45) is 4.99 Å². The normalized spacial score (nSPS) is 14.6. The fraction of sp³-hybridized carbons (Fsp3) is 0.500. The van der Waals surface area contributed by atoms with E-state index < -0.39 is 11.9 Å². The highest BCUT2D eigenvalue weighted by Crippen LogP contribution is 2.30. The van der Waals surface area contributed by atoms with Crippen LogP contribution in [0.3, 0.4) is 0 Å². The molecule has 1 aliphatic heterocycles. The number of hydrogen-bond donors (Lipinski definition) is 2. The van der Waals surface area contributed by atoms with Crippen LogP contribution in [0.4, 0.5) is 13.2 Å². The van der Waals surface area contributed by atoms with Crippen LogP contribution in [-0.2, 0) is 30.4 Å². The average Bonchev–Trinajstić information content (AvgIpc) is 3.34. The minimum atomic E-state index is -4.42. The summed E-state index contributed by atoms with van der Waals surface area (Å²) in [6.07, 6.45) is -3.21. The SMILES string of the molecule is CCNC(=NCC(=O)N1CCc2sccc2C1)NCCc1nc(C(F)(F)F)cs1. The molecule has 0 fully saturated rings. The van der Waals surface area contributed by atoms with Crippen molar-refractivity contribution >= 4 is 34.5 Å². The van der Waals surface area contributed by atoms with E-state index in [4.69, 9.17) is 0 Å². The topological polar surface area (TPSA) is 69.6 Å². The van der Waals surface area contributed by atoms with Crippen LogP contribution in [0.5, 0.6) is 0 Å². The van der Waals surface area contributed by atoms with Crippen molar-refractivity contribution in [1.82, 2.24) is 20.5 Å². The van der Waals surface area contributed by atoms with Gasteiger partial charge < -0.3 is 15.5 Å². The Morgan fingerprint density at radius 3 is 2.90 bits per heavy atom. The number of halogens is 3. The molecule has 0 bridgehead atoms. The zero-order chi connectivity index (χ0) is 20.9. The fourth-order valence-electron chi connectivity index (χ4n) is 2.89. The van der Waals surface area contributed by atoms with Gasteiger partial charge in [0.25, 0.3) is 0 Å². The number of carbonyl (C=O) groups excluding carboxylic acids is 1. The number of hydrogen-bond acceptors (Lipinski definition) is 5. The first-order valence-electron chi connectivity index (χ1n) is 9.23. The third kappa shape index (κ3) is 5.92. The molecular weight excluding hydrogens is 423 g/mol. The molecule has 1 aliphatic rings. The van der Waals surface area contributed by atoms with Gasteiger partial charge in [0.15, 0.2) is 11.7 Å². The minimum Gasteiger partial charge on any atom is -0.357 e. The summed E-state index contributed by atoms with van der Waals surface area (Å²) in [4.78, 5) is 23.5. The number of nitrogens with one attached hydrogen (secondary N) is 2. The average molecular weight is 446 g/mol. The van der Waals surface area contributed by atoms with Gasteiger partial charge in [0, 0.05) is 42.9 Å². The molecule has 2 aromatic rings. The lowest BCUT2D eigenvalue weighted by molar-refractivity contribution is -0.140. The Morgan fingerprint density at radius 1 is 1.34 bits per heavy atom. The van der Waals surface area contributed by atoms with Crippen molar-refractivity contribution in [2.75, 3.05) is 26.2 Å². The summed E-state index contributed by atoms with van der Waals surface area (Å²) in [5.74, 6) is 0.412. The molecular formula is C18H22F3N5OS2. The number of fused-ring (bicyclic) bond motifs is 1. The van der Waals surface area contributed by atoms with Gasteiger partial charge in [0.05, 0.1) is 5.01 Å². The number of thiophene rings is 1. The molecule has 0 aliphatic carbocycles. The summed E-state index contributed by atoms with van der Waals surface area (Å²) in [5, 5.41) is 9.55. The van der Waals surface area contributed by atoms with E-state index >= 15 is 0 Å². The molecule has 0 aromatic carbocycles. The van der Waals surface area contributed by atoms with Crippen LogP contribution < -0.4 is 10.6 Å². The number of aliphatic imine (C=N–C) groups is 1. The lowest BCUT2D eigenvalue weighted by Crippen LogP contribution is -2.40. The maximum atomic E-state index is 12.6. The molecule has 158 valence electrons. The van der Waals surface area contributed by atoms with Crippen LogP contribution in [0.2, 0.25) is 0 Å². The molecule has 0 spiro atoms. The van der Waals surface area contributed by atoms with Gasteiger partial charge in [-0.2, -0.15) is 13.2 Å². The van der Waals surface area contributed by atoms with Gasteiger partial charge in [-0.3, -0.25) is 4.79 Å². The van der Waals surface area contributed by atoms with Crippen molar-refractivity contribution in [3.8, 4) is 0 Å². The first-order valence-corrected chi connectivity index (χ1v) is 11.0. The Hall–Kier alpha value is -2.14. The molecule has 2 aromatic heterocycles. The van der Waals surface area contributed by atoms with E-state index in [9.17, 15) is 18.0 Å². The highest BCUT2D eigenvalue weighted by Gasteiger charge is 2.33. The molecule has 11 heteroatoms. The first-order chi connectivity index (χ1) is 13.9.